The van der Waals surface area contributed by atoms with Crippen molar-refractivity contribution in [2.24, 2.45) is 5.41 Å². The van der Waals surface area contributed by atoms with E-state index in [1.165, 1.54) is 0 Å². The van der Waals surface area contributed by atoms with Crippen LogP contribution in [0.2, 0.25) is 0 Å². The van der Waals surface area contributed by atoms with Crippen LogP contribution in [0.15, 0.2) is 0 Å². The summed E-state index contributed by atoms with van der Waals surface area (Å²) in [7, 11) is 1.76. The lowest BCUT2D eigenvalue weighted by Gasteiger charge is -2.32. The molecule has 0 heterocycles. The average Bonchev–Trinajstić information content (AvgIpc) is 2.12. The highest BCUT2D eigenvalue weighted by Crippen LogP contribution is 2.20. The lowest BCUT2D eigenvalue weighted by atomic mass is 9.88. The lowest BCUT2D eigenvalue weighted by molar-refractivity contribution is 0.145. The molecule has 0 amide bonds. The largest absolute Gasteiger partial charge is 0.385 e. The van der Waals surface area contributed by atoms with Crippen molar-refractivity contribution in [2.75, 3.05) is 20.3 Å². The number of nitrogens with one attached hydrogen (secondary N) is 1. The number of hydrogen-bond donors (Lipinski definition) is 1. The summed E-state index contributed by atoms with van der Waals surface area (Å²) in [5, 5.41) is 3.60. The Morgan fingerprint density at radius 2 is 1.71 bits per heavy atom. The first-order valence-electron chi connectivity index (χ1n) is 5.57. The molecule has 0 aliphatic carbocycles. The van der Waals surface area contributed by atoms with Crippen LogP contribution in [0, 0.1) is 5.41 Å². The van der Waals surface area contributed by atoms with E-state index in [2.05, 4.69) is 39.9 Å². The van der Waals surface area contributed by atoms with Crippen LogP contribution in [-0.4, -0.2) is 25.8 Å². The fourth-order valence-electron chi connectivity index (χ4n) is 1.07. The molecule has 1 N–H and O–H groups in total. The van der Waals surface area contributed by atoms with Crippen LogP contribution in [0.5, 0.6) is 0 Å². The third-order valence-electron chi connectivity index (χ3n) is 2.91. The second-order valence-corrected chi connectivity index (χ2v) is 5.50. The predicted octanol–water partition coefficient (Wildman–Crippen LogP) is 2.83. The highest BCUT2D eigenvalue weighted by Gasteiger charge is 2.21. The van der Waals surface area contributed by atoms with E-state index in [0.29, 0.717) is 5.41 Å². The van der Waals surface area contributed by atoms with Gasteiger partial charge in [0.05, 0.1) is 0 Å². The molecule has 0 radical (unpaired) electrons. The summed E-state index contributed by atoms with van der Waals surface area (Å²) in [4.78, 5) is 0. The maximum atomic E-state index is 5.11. The van der Waals surface area contributed by atoms with Gasteiger partial charge in [-0.3, -0.25) is 0 Å². The summed E-state index contributed by atoms with van der Waals surface area (Å²) in [6, 6.07) is 0. The Balaban J connectivity index is 3.85. The molecule has 0 aromatic heterocycles. The molecule has 0 aliphatic heterocycles. The first-order valence-corrected chi connectivity index (χ1v) is 5.57. The normalized spacial score (nSPS) is 13.3. The molecule has 0 fully saturated rings. The standard InChI is InChI=1S/C12H27NO/c1-7-12(4,5)13-10-11(2,3)8-9-14-6/h13H,7-10H2,1-6H3. The first-order chi connectivity index (χ1) is 6.33. The Hall–Kier alpha value is -0.0800. The Kier molecular flexibility index (Phi) is 5.68. The third kappa shape index (κ3) is 6.39. The highest BCUT2D eigenvalue weighted by molar-refractivity contribution is 4.80. The smallest absolute Gasteiger partial charge is 0.0467 e. The molecule has 2 nitrogen and oxygen atoms in total. The zero-order chi connectivity index (χ0) is 11.2. The molecule has 0 aromatic carbocycles. The van der Waals surface area contributed by atoms with E-state index in [0.717, 1.165) is 26.0 Å². The zero-order valence-corrected chi connectivity index (χ0v) is 10.7. The molecule has 0 rings (SSSR count). The number of hydrogen-bond acceptors (Lipinski definition) is 2. The highest BCUT2D eigenvalue weighted by atomic mass is 16.5. The van der Waals surface area contributed by atoms with Crippen LogP contribution in [0.3, 0.4) is 0 Å². The van der Waals surface area contributed by atoms with Gasteiger partial charge in [-0.15, -0.1) is 0 Å². The van der Waals surface area contributed by atoms with E-state index in [1.807, 2.05) is 0 Å². The molecule has 0 atom stereocenters. The van der Waals surface area contributed by atoms with Crippen LogP contribution < -0.4 is 5.32 Å². The topological polar surface area (TPSA) is 21.3 Å². The molecule has 0 aromatic rings. The molecular formula is C12H27NO. The van der Waals surface area contributed by atoms with Gasteiger partial charge in [-0.2, -0.15) is 0 Å². The monoisotopic (exact) mass is 201 g/mol. The Morgan fingerprint density at radius 1 is 1.14 bits per heavy atom. The van der Waals surface area contributed by atoms with Crippen LogP contribution >= 0.6 is 0 Å². The lowest BCUT2D eigenvalue weighted by Crippen LogP contribution is -2.44. The van der Waals surface area contributed by atoms with E-state index in [-0.39, 0.29) is 5.54 Å². The Morgan fingerprint density at radius 3 is 2.14 bits per heavy atom. The minimum absolute atomic E-state index is 0.254. The quantitative estimate of drug-likeness (QED) is 0.684. The Bertz CT molecular complexity index is 152. The third-order valence-corrected chi connectivity index (χ3v) is 2.91. The molecule has 14 heavy (non-hydrogen) atoms. The van der Waals surface area contributed by atoms with E-state index >= 15 is 0 Å². The molecule has 2 heteroatoms. The van der Waals surface area contributed by atoms with Gasteiger partial charge >= 0.3 is 0 Å². The first kappa shape index (κ1) is 13.9. The summed E-state index contributed by atoms with van der Waals surface area (Å²) in [5.41, 5.74) is 0.576. The summed E-state index contributed by atoms with van der Waals surface area (Å²) in [5.74, 6) is 0. The number of methoxy groups -OCH3 is 1. The molecule has 0 saturated heterocycles. The molecule has 0 unspecified atom stereocenters. The minimum Gasteiger partial charge on any atom is -0.385 e. The van der Waals surface area contributed by atoms with Crippen molar-refractivity contribution in [3.8, 4) is 0 Å². The van der Waals surface area contributed by atoms with Gasteiger partial charge < -0.3 is 10.1 Å². The van der Waals surface area contributed by atoms with Crippen molar-refractivity contribution >= 4 is 0 Å². The van der Waals surface area contributed by atoms with Gasteiger partial charge in [-0.25, -0.2) is 0 Å². The molecule has 0 spiro atoms. The molecule has 0 aliphatic rings. The van der Waals surface area contributed by atoms with E-state index in [4.69, 9.17) is 4.74 Å². The van der Waals surface area contributed by atoms with Crippen molar-refractivity contribution in [2.45, 2.75) is 53.0 Å². The fourth-order valence-corrected chi connectivity index (χ4v) is 1.07. The maximum absolute atomic E-state index is 5.11. The van der Waals surface area contributed by atoms with Gasteiger partial charge in [-0.1, -0.05) is 20.8 Å². The molecule has 86 valence electrons. The molecule has 0 saturated carbocycles. The predicted molar refractivity (Wildman–Crippen MR) is 62.6 cm³/mol. The van der Waals surface area contributed by atoms with Crippen LogP contribution in [-0.2, 0) is 4.74 Å². The van der Waals surface area contributed by atoms with Crippen molar-refractivity contribution in [3.63, 3.8) is 0 Å². The van der Waals surface area contributed by atoms with E-state index in [9.17, 15) is 0 Å². The number of rotatable bonds is 7. The minimum atomic E-state index is 0.254. The summed E-state index contributed by atoms with van der Waals surface area (Å²) < 4.78 is 5.11. The van der Waals surface area contributed by atoms with Gasteiger partial charge in [0.15, 0.2) is 0 Å². The van der Waals surface area contributed by atoms with Gasteiger partial charge in [0.2, 0.25) is 0 Å². The Labute approximate surface area is 89.4 Å². The summed E-state index contributed by atoms with van der Waals surface area (Å²) >= 11 is 0. The van der Waals surface area contributed by atoms with E-state index in [1.54, 1.807) is 7.11 Å². The van der Waals surface area contributed by atoms with Gasteiger partial charge in [0.1, 0.15) is 0 Å². The summed E-state index contributed by atoms with van der Waals surface area (Å²) in [6.07, 6.45) is 2.27. The second kappa shape index (κ2) is 5.72. The van der Waals surface area contributed by atoms with E-state index < -0.39 is 0 Å². The fraction of sp³-hybridized carbons (Fsp3) is 1.00. The summed E-state index contributed by atoms with van der Waals surface area (Å²) in [6.45, 7) is 13.2. The maximum Gasteiger partial charge on any atom is 0.0467 e. The van der Waals surface area contributed by atoms with Crippen LogP contribution in [0.1, 0.15) is 47.5 Å². The van der Waals surface area contributed by atoms with Gasteiger partial charge in [0, 0.05) is 25.8 Å². The van der Waals surface area contributed by atoms with Crippen molar-refractivity contribution in [1.29, 1.82) is 0 Å². The molecular weight excluding hydrogens is 174 g/mol. The zero-order valence-electron chi connectivity index (χ0n) is 10.7. The van der Waals surface area contributed by atoms with Crippen LogP contribution in [0.4, 0.5) is 0 Å². The second-order valence-electron chi connectivity index (χ2n) is 5.50. The number of ether oxygens (including phenoxy) is 1. The molecule has 0 bridgehead atoms. The van der Waals surface area contributed by atoms with Gasteiger partial charge in [-0.05, 0) is 32.1 Å². The van der Waals surface area contributed by atoms with Crippen molar-refractivity contribution in [3.05, 3.63) is 0 Å². The van der Waals surface area contributed by atoms with Crippen LogP contribution in [0.25, 0.3) is 0 Å². The average molecular weight is 201 g/mol. The SMILES string of the molecule is CCC(C)(C)NCC(C)(C)CCOC. The van der Waals surface area contributed by atoms with Crippen molar-refractivity contribution < 1.29 is 4.74 Å². The van der Waals surface area contributed by atoms with Gasteiger partial charge in [0.25, 0.3) is 0 Å². The van der Waals surface area contributed by atoms with Crippen molar-refractivity contribution in [1.82, 2.24) is 5.32 Å².